The van der Waals surface area contributed by atoms with Gasteiger partial charge in [-0.1, -0.05) is 19.9 Å². The predicted molar refractivity (Wildman–Crippen MR) is 54.3 cm³/mol. The lowest BCUT2D eigenvalue weighted by atomic mass is 9.96. The number of rotatable bonds is 2. The van der Waals surface area contributed by atoms with E-state index in [-0.39, 0.29) is 0 Å². The summed E-state index contributed by atoms with van der Waals surface area (Å²) in [5.41, 5.74) is 9.24. The average Bonchev–Trinajstić information content (AvgIpc) is 2.01. The van der Waals surface area contributed by atoms with Crippen molar-refractivity contribution in [2.45, 2.75) is 33.1 Å². The van der Waals surface area contributed by atoms with Gasteiger partial charge in [0.1, 0.15) is 0 Å². The van der Waals surface area contributed by atoms with Crippen LogP contribution in [0.1, 0.15) is 37.3 Å². The zero-order valence-corrected chi connectivity index (χ0v) is 8.09. The van der Waals surface area contributed by atoms with Gasteiger partial charge < -0.3 is 5.73 Å². The van der Waals surface area contributed by atoms with Crippen LogP contribution in [-0.2, 0) is 0 Å². The van der Waals surface area contributed by atoms with E-state index < -0.39 is 0 Å². The molecule has 0 fully saturated rings. The van der Waals surface area contributed by atoms with E-state index in [9.17, 15) is 0 Å². The molecule has 2 N–H and O–H groups in total. The third-order valence-corrected chi connectivity index (χ3v) is 2.30. The number of benzene rings is 1. The highest BCUT2D eigenvalue weighted by Gasteiger charge is 2.03. The molecule has 0 aromatic heterocycles. The molecule has 0 unspecified atom stereocenters. The molecule has 0 bridgehead atoms. The topological polar surface area (TPSA) is 26.0 Å². The molecule has 1 aromatic carbocycles. The van der Waals surface area contributed by atoms with E-state index in [4.69, 9.17) is 5.73 Å². The maximum Gasteiger partial charge on any atom is 0.0319 e. The van der Waals surface area contributed by atoms with E-state index in [1.165, 1.54) is 17.5 Å². The molecule has 0 spiro atoms. The fourth-order valence-corrected chi connectivity index (χ4v) is 1.36. The van der Waals surface area contributed by atoms with Gasteiger partial charge in [-0.05, 0) is 42.5 Å². The van der Waals surface area contributed by atoms with Crippen molar-refractivity contribution in [3.8, 4) is 0 Å². The Morgan fingerprint density at radius 3 is 2.50 bits per heavy atom. The molecular formula is C11H17N. The van der Waals surface area contributed by atoms with Crippen molar-refractivity contribution in [1.82, 2.24) is 0 Å². The van der Waals surface area contributed by atoms with Crippen molar-refractivity contribution in [2.75, 3.05) is 5.73 Å². The van der Waals surface area contributed by atoms with Crippen LogP contribution in [0.4, 0.5) is 5.69 Å². The Morgan fingerprint density at radius 2 is 2.00 bits per heavy atom. The monoisotopic (exact) mass is 163 g/mol. The molecule has 1 heteroatoms. The predicted octanol–water partition coefficient (Wildman–Crippen LogP) is 3.09. The molecule has 0 aliphatic carbocycles. The largest absolute Gasteiger partial charge is 0.399 e. The molecule has 1 nitrogen and oxygen atoms in total. The summed E-state index contributed by atoms with van der Waals surface area (Å²) >= 11 is 0. The minimum atomic E-state index is 0.618. The third kappa shape index (κ3) is 2.00. The first-order valence-electron chi connectivity index (χ1n) is 4.50. The van der Waals surface area contributed by atoms with Crippen molar-refractivity contribution in [1.29, 1.82) is 0 Å². The normalized spacial score (nSPS) is 12.9. The first kappa shape index (κ1) is 9.11. The smallest absolute Gasteiger partial charge is 0.0319 e. The molecule has 0 amide bonds. The molecule has 1 aromatic rings. The first-order valence-corrected chi connectivity index (χ1v) is 4.50. The molecule has 0 radical (unpaired) electrons. The second-order valence-corrected chi connectivity index (χ2v) is 3.49. The van der Waals surface area contributed by atoms with E-state index in [1.807, 2.05) is 6.07 Å². The Kier molecular flexibility index (Phi) is 2.74. The number of hydrogen-bond acceptors (Lipinski definition) is 1. The third-order valence-electron chi connectivity index (χ3n) is 2.30. The van der Waals surface area contributed by atoms with Gasteiger partial charge in [-0.15, -0.1) is 0 Å². The summed E-state index contributed by atoms with van der Waals surface area (Å²) in [4.78, 5) is 0. The summed E-state index contributed by atoms with van der Waals surface area (Å²) in [6, 6.07) is 6.29. The summed E-state index contributed by atoms with van der Waals surface area (Å²) < 4.78 is 0. The fourth-order valence-electron chi connectivity index (χ4n) is 1.36. The molecule has 0 saturated heterocycles. The lowest BCUT2D eigenvalue weighted by Gasteiger charge is -2.10. The van der Waals surface area contributed by atoms with E-state index in [1.54, 1.807) is 0 Å². The highest BCUT2D eigenvalue weighted by Crippen LogP contribution is 2.22. The molecule has 1 rings (SSSR count). The Hall–Kier alpha value is -0.980. The lowest BCUT2D eigenvalue weighted by Crippen LogP contribution is -1.94. The van der Waals surface area contributed by atoms with Crippen molar-refractivity contribution >= 4 is 5.69 Å². The SMILES string of the molecule is CC[C@@H](C)c1cc(C)cc(N)c1. The minimum absolute atomic E-state index is 0.618. The van der Waals surface area contributed by atoms with Crippen LogP contribution >= 0.6 is 0 Å². The molecule has 12 heavy (non-hydrogen) atoms. The number of anilines is 1. The number of hydrogen-bond donors (Lipinski definition) is 1. The van der Waals surface area contributed by atoms with Crippen LogP contribution in [0.25, 0.3) is 0 Å². The zero-order valence-electron chi connectivity index (χ0n) is 8.09. The van der Waals surface area contributed by atoms with Crippen LogP contribution in [0.15, 0.2) is 18.2 Å². The molecule has 0 heterocycles. The molecule has 1 atom stereocenters. The molecule has 66 valence electrons. The van der Waals surface area contributed by atoms with E-state index >= 15 is 0 Å². The van der Waals surface area contributed by atoms with E-state index in [0.29, 0.717) is 5.92 Å². The van der Waals surface area contributed by atoms with E-state index in [2.05, 4.69) is 32.9 Å². The molecule has 0 saturated carbocycles. The van der Waals surface area contributed by atoms with Gasteiger partial charge >= 0.3 is 0 Å². The summed E-state index contributed by atoms with van der Waals surface area (Å²) in [6.45, 7) is 6.51. The van der Waals surface area contributed by atoms with Crippen molar-refractivity contribution in [3.05, 3.63) is 29.3 Å². The Bertz CT molecular complexity index is 245. The summed E-state index contributed by atoms with van der Waals surface area (Å²) in [6.07, 6.45) is 1.17. The minimum Gasteiger partial charge on any atom is -0.399 e. The summed E-state index contributed by atoms with van der Waals surface area (Å²) in [5, 5.41) is 0. The van der Waals surface area contributed by atoms with Gasteiger partial charge in [0.25, 0.3) is 0 Å². The maximum atomic E-state index is 5.75. The van der Waals surface area contributed by atoms with Gasteiger partial charge in [0.15, 0.2) is 0 Å². The van der Waals surface area contributed by atoms with Crippen LogP contribution in [0.3, 0.4) is 0 Å². The first-order chi connectivity index (χ1) is 5.63. The van der Waals surface area contributed by atoms with Crippen molar-refractivity contribution in [2.24, 2.45) is 0 Å². The number of nitrogens with two attached hydrogens (primary N) is 1. The molecular weight excluding hydrogens is 146 g/mol. The van der Waals surface area contributed by atoms with Gasteiger partial charge in [-0.25, -0.2) is 0 Å². The second-order valence-electron chi connectivity index (χ2n) is 3.49. The zero-order chi connectivity index (χ0) is 9.14. The molecule has 0 aliphatic heterocycles. The van der Waals surface area contributed by atoms with Crippen LogP contribution in [-0.4, -0.2) is 0 Å². The Morgan fingerprint density at radius 1 is 1.33 bits per heavy atom. The van der Waals surface area contributed by atoms with Crippen LogP contribution in [0, 0.1) is 6.92 Å². The van der Waals surface area contributed by atoms with Gasteiger partial charge in [-0.2, -0.15) is 0 Å². The Balaban J connectivity index is 3.00. The van der Waals surface area contributed by atoms with E-state index in [0.717, 1.165) is 5.69 Å². The highest BCUT2D eigenvalue weighted by molar-refractivity contribution is 5.45. The molecule has 0 aliphatic rings. The van der Waals surface area contributed by atoms with Crippen LogP contribution < -0.4 is 5.73 Å². The maximum absolute atomic E-state index is 5.75. The Labute approximate surface area is 74.6 Å². The average molecular weight is 163 g/mol. The van der Waals surface area contributed by atoms with Crippen LogP contribution in [0.2, 0.25) is 0 Å². The standard InChI is InChI=1S/C11H17N/c1-4-9(3)10-5-8(2)6-11(12)7-10/h5-7,9H,4,12H2,1-3H3/t9-/m1/s1. The van der Waals surface area contributed by atoms with Gasteiger partial charge in [0.2, 0.25) is 0 Å². The van der Waals surface area contributed by atoms with Crippen molar-refractivity contribution in [3.63, 3.8) is 0 Å². The van der Waals surface area contributed by atoms with Crippen molar-refractivity contribution < 1.29 is 0 Å². The van der Waals surface area contributed by atoms with Gasteiger partial charge in [0, 0.05) is 5.69 Å². The lowest BCUT2D eigenvalue weighted by molar-refractivity contribution is 0.733. The van der Waals surface area contributed by atoms with Gasteiger partial charge in [-0.3, -0.25) is 0 Å². The quantitative estimate of drug-likeness (QED) is 0.666. The van der Waals surface area contributed by atoms with Crippen LogP contribution in [0.5, 0.6) is 0 Å². The number of nitrogen functional groups attached to an aromatic ring is 1. The van der Waals surface area contributed by atoms with Gasteiger partial charge in [0.05, 0.1) is 0 Å². The fraction of sp³-hybridized carbons (Fsp3) is 0.455. The summed E-state index contributed by atoms with van der Waals surface area (Å²) in [7, 11) is 0. The summed E-state index contributed by atoms with van der Waals surface area (Å²) in [5.74, 6) is 0.618. The second kappa shape index (κ2) is 3.61. The highest BCUT2D eigenvalue weighted by atomic mass is 14.5. The number of aryl methyl sites for hydroxylation is 1.